The van der Waals surface area contributed by atoms with E-state index in [1.807, 2.05) is 25.6 Å². The molecule has 1 atom stereocenters. The van der Waals surface area contributed by atoms with Gasteiger partial charge in [-0.1, -0.05) is 13.8 Å². The molecule has 1 aliphatic heterocycles. The molecule has 1 nitrogen and oxygen atoms in total. The van der Waals surface area contributed by atoms with Crippen molar-refractivity contribution in [1.29, 1.82) is 0 Å². The Kier molecular flexibility index (Phi) is 6.65. The third kappa shape index (κ3) is 4.79. The summed E-state index contributed by atoms with van der Waals surface area (Å²) in [7, 11) is 0. The predicted molar refractivity (Wildman–Crippen MR) is 44.1 cm³/mol. The standard InChI is InChI=1S/C5H10OS.C2H6/c1-5-4-7-3-2-6-5;1-2/h5H,2-4H2,1H3;1-2H3. The predicted octanol–water partition coefficient (Wildman–Crippen LogP) is 2.16. The monoisotopic (exact) mass is 148 g/mol. The van der Waals surface area contributed by atoms with Crippen LogP contribution in [0.15, 0.2) is 0 Å². The smallest absolute Gasteiger partial charge is 0.0637 e. The highest BCUT2D eigenvalue weighted by Crippen LogP contribution is 2.10. The van der Waals surface area contributed by atoms with Crippen molar-refractivity contribution < 1.29 is 4.74 Å². The Balaban J connectivity index is 0.000000291. The molecule has 1 heterocycles. The average Bonchev–Trinajstić information content (AvgIpc) is 1.94. The molecule has 0 aromatic heterocycles. The van der Waals surface area contributed by atoms with Gasteiger partial charge in [-0.2, -0.15) is 11.8 Å². The van der Waals surface area contributed by atoms with E-state index in [-0.39, 0.29) is 0 Å². The van der Waals surface area contributed by atoms with Crippen molar-refractivity contribution in [3.8, 4) is 0 Å². The van der Waals surface area contributed by atoms with E-state index in [0.717, 1.165) is 6.61 Å². The molecule has 0 spiro atoms. The highest BCUT2D eigenvalue weighted by atomic mass is 32.2. The first-order valence-corrected chi connectivity index (χ1v) is 4.74. The van der Waals surface area contributed by atoms with Gasteiger partial charge in [-0.3, -0.25) is 0 Å². The van der Waals surface area contributed by atoms with Gasteiger partial charge in [0.15, 0.2) is 0 Å². The molecular weight excluding hydrogens is 132 g/mol. The molecule has 1 fully saturated rings. The zero-order valence-corrected chi connectivity index (χ0v) is 7.33. The van der Waals surface area contributed by atoms with E-state index >= 15 is 0 Å². The molecule has 1 aliphatic rings. The van der Waals surface area contributed by atoms with E-state index in [9.17, 15) is 0 Å². The maximum atomic E-state index is 5.26. The molecule has 2 heteroatoms. The van der Waals surface area contributed by atoms with Gasteiger partial charge in [-0.05, 0) is 6.92 Å². The second-order valence-corrected chi connectivity index (χ2v) is 2.91. The summed E-state index contributed by atoms with van der Waals surface area (Å²) in [5.74, 6) is 2.37. The van der Waals surface area contributed by atoms with Crippen LogP contribution in [0.2, 0.25) is 0 Å². The highest BCUT2D eigenvalue weighted by molar-refractivity contribution is 7.99. The van der Waals surface area contributed by atoms with Gasteiger partial charge in [0, 0.05) is 11.5 Å². The summed E-state index contributed by atoms with van der Waals surface area (Å²) in [6.07, 6.45) is 0.499. The summed E-state index contributed by atoms with van der Waals surface area (Å²) in [6.45, 7) is 7.07. The van der Waals surface area contributed by atoms with Crippen molar-refractivity contribution in [2.24, 2.45) is 0 Å². The molecule has 1 unspecified atom stereocenters. The van der Waals surface area contributed by atoms with E-state index in [0.29, 0.717) is 6.10 Å². The summed E-state index contributed by atoms with van der Waals surface area (Å²) in [6, 6.07) is 0. The molecule has 0 aromatic rings. The van der Waals surface area contributed by atoms with Crippen LogP contribution in [0.4, 0.5) is 0 Å². The number of rotatable bonds is 0. The lowest BCUT2D eigenvalue weighted by Crippen LogP contribution is -2.18. The van der Waals surface area contributed by atoms with Gasteiger partial charge in [0.2, 0.25) is 0 Å². The van der Waals surface area contributed by atoms with Gasteiger partial charge in [-0.25, -0.2) is 0 Å². The minimum atomic E-state index is 0.499. The average molecular weight is 148 g/mol. The third-order valence-electron chi connectivity index (χ3n) is 0.983. The number of hydrogen-bond acceptors (Lipinski definition) is 2. The van der Waals surface area contributed by atoms with Gasteiger partial charge in [-0.15, -0.1) is 0 Å². The van der Waals surface area contributed by atoms with Gasteiger partial charge in [0.05, 0.1) is 12.7 Å². The van der Waals surface area contributed by atoms with Crippen LogP contribution in [0.5, 0.6) is 0 Å². The van der Waals surface area contributed by atoms with E-state index < -0.39 is 0 Å². The topological polar surface area (TPSA) is 9.23 Å². The van der Waals surface area contributed by atoms with Crippen molar-refractivity contribution in [2.75, 3.05) is 18.1 Å². The Morgan fingerprint density at radius 1 is 1.44 bits per heavy atom. The SMILES string of the molecule is CC.CC1CSCCO1. The van der Waals surface area contributed by atoms with E-state index in [1.165, 1.54) is 11.5 Å². The molecule has 1 saturated heterocycles. The first-order chi connectivity index (χ1) is 4.39. The molecule has 9 heavy (non-hydrogen) atoms. The minimum absolute atomic E-state index is 0.499. The fraction of sp³-hybridized carbons (Fsp3) is 1.00. The third-order valence-corrected chi connectivity index (χ3v) is 2.14. The van der Waals surface area contributed by atoms with Crippen LogP contribution in [0, 0.1) is 0 Å². The number of ether oxygens (including phenoxy) is 1. The zero-order valence-electron chi connectivity index (χ0n) is 6.52. The Morgan fingerprint density at radius 2 is 2.11 bits per heavy atom. The fourth-order valence-electron chi connectivity index (χ4n) is 0.606. The summed E-state index contributed by atoms with van der Waals surface area (Å²) < 4.78 is 5.26. The lowest BCUT2D eigenvalue weighted by atomic mass is 10.5. The molecule has 1 rings (SSSR count). The molecule has 0 aromatic carbocycles. The van der Waals surface area contributed by atoms with Crippen molar-refractivity contribution in [3.05, 3.63) is 0 Å². The molecule has 0 amide bonds. The first-order valence-electron chi connectivity index (χ1n) is 3.59. The van der Waals surface area contributed by atoms with Crippen molar-refractivity contribution >= 4 is 11.8 Å². The fourth-order valence-corrected chi connectivity index (χ4v) is 1.41. The van der Waals surface area contributed by atoms with Crippen LogP contribution >= 0.6 is 11.8 Å². The van der Waals surface area contributed by atoms with Crippen LogP contribution in [-0.4, -0.2) is 24.2 Å². The lowest BCUT2D eigenvalue weighted by molar-refractivity contribution is 0.0892. The van der Waals surface area contributed by atoms with E-state index in [2.05, 4.69) is 6.92 Å². The van der Waals surface area contributed by atoms with Crippen molar-refractivity contribution in [1.82, 2.24) is 0 Å². The molecule has 0 bridgehead atoms. The van der Waals surface area contributed by atoms with E-state index in [4.69, 9.17) is 4.74 Å². The molecule has 0 saturated carbocycles. The zero-order chi connectivity index (χ0) is 7.11. The van der Waals surface area contributed by atoms with Crippen LogP contribution < -0.4 is 0 Å². The summed E-state index contributed by atoms with van der Waals surface area (Å²) in [5, 5.41) is 0. The normalized spacial score (nSPS) is 26.3. The molecule has 56 valence electrons. The molecule has 0 radical (unpaired) electrons. The maximum Gasteiger partial charge on any atom is 0.0637 e. The van der Waals surface area contributed by atoms with Crippen LogP contribution in [0.1, 0.15) is 20.8 Å². The molecule has 0 aliphatic carbocycles. The Morgan fingerprint density at radius 3 is 2.33 bits per heavy atom. The number of thioether (sulfide) groups is 1. The van der Waals surface area contributed by atoms with Crippen molar-refractivity contribution in [2.45, 2.75) is 26.9 Å². The Hall–Kier alpha value is 0.310. The largest absolute Gasteiger partial charge is 0.377 e. The first kappa shape index (κ1) is 9.31. The van der Waals surface area contributed by atoms with Crippen LogP contribution in [-0.2, 0) is 4.74 Å². The second-order valence-electron chi connectivity index (χ2n) is 1.76. The minimum Gasteiger partial charge on any atom is -0.377 e. The maximum absolute atomic E-state index is 5.26. The van der Waals surface area contributed by atoms with Crippen molar-refractivity contribution in [3.63, 3.8) is 0 Å². The van der Waals surface area contributed by atoms with Gasteiger partial charge in [0.1, 0.15) is 0 Å². The molecular formula is C7H16OS. The van der Waals surface area contributed by atoms with E-state index in [1.54, 1.807) is 0 Å². The Bertz CT molecular complexity index is 50.9. The summed E-state index contributed by atoms with van der Waals surface area (Å²) in [4.78, 5) is 0. The van der Waals surface area contributed by atoms with Gasteiger partial charge >= 0.3 is 0 Å². The number of hydrogen-bond donors (Lipinski definition) is 0. The lowest BCUT2D eigenvalue weighted by Gasteiger charge is -2.17. The van der Waals surface area contributed by atoms with Crippen LogP contribution in [0.25, 0.3) is 0 Å². The summed E-state index contributed by atoms with van der Waals surface area (Å²) >= 11 is 1.98. The molecule has 0 N–H and O–H groups in total. The van der Waals surface area contributed by atoms with Gasteiger partial charge in [0.25, 0.3) is 0 Å². The second kappa shape index (κ2) is 6.43. The van der Waals surface area contributed by atoms with Crippen LogP contribution in [0.3, 0.4) is 0 Å². The van der Waals surface area contributed by atoms with Gasteiger partial charge < -0.3 is 4.74 Å². The Labute approximate surface area is 62.2 Å². The quantitative estimate of drug-likeness (QED) is 0.520. The summed E-state index contributed by atoms with van der Waals surface area (Å²) in [5.41, 5.74) is 0. The highest BCUT2D eigenvalue weighted by Gasteiger charge is 2.06.